The van der Waals surface area contributed by atoms with E-state index in [4.69, 9.17) is 0 Å². The van der Waals surface area contributed by atoms with E-state index in [0.29, 0.717) is 0 Å². The molecule has 0 atom stereocenters. The third-order valence-electron chi connectivity index (χ3n) is 5.78. The van der Waals surface area contributed by atoms with Gasteiger partial charge in [0, 0.05) is 16.5 Å². The van der Waals surface area contributed by atoms with Crippen LogP contribution in [0.25, 0.3) is 49.4 Å². The molecule has 0 N–H and O–H groups in total. The van der Waals surface area contributed by atoms with Gasteiger partial charge in [0.1, 0.15) is 0 Å². The monoisotopic (exact) mass is 369 g/mol. The van der Waals surface area contributed by atoms with E-state index in [0.717, 1.165) is 0 Å². The van der Waals surface area contributed by atoms with Gasteiger partial charge in [-0.2, -0.15) is 0 Å². The molecule has 136 valence electrons. The maximum absolute atomic E-state index is 2.39. The highest BCUT2D eigenvalue weighted by atomic mass is 15.0. The van der Waals surface area contributed by atoms with Crippen LogP contribution in [0.15, 0.2) is 115 Å². The Morgan fingerprint density at radius 1 is 0.448 bits per heavy atom. The number of rotatable bonds is 2. The lowest BCUT2D eigenvalue weighted by atomic mass is 9.95. The molecule has 1 aromatic heterocycles. The zero-order valence-electron chi connectivity index (χ0n) is 15.9. The Morgan fingerprint density at radius 3 is 1.79 bits per heavy atom. The van der Waals surface area contributed by atoms with E-state index in [2.05, 4.69) is 120 Å². The number of aromatic nitrogens is 1. The van der Waals surface area contributed by atoms with Crippen LogP contribution in [0.3, 0.4) is 0 Å². The van der Waals surface area contributed by atoms with Crippen LogP contribution in [0.4, 0.5) is 0 Å². The minimum atomic E-state index is 1.19. The molecule has 0 bridgehead atoms. The SMILES string of the molecule is c1ccc(-c2cc3c(c4ccccc24)c2ccccc2n3-c2ccccc2)cc1. The molecule has 6 rings (SSSR count). The van der Waals surface area contributed by atoms with Crippen molar-refractivity contribution in [3.05, 3.63) is 115 Å². The highest BCUT2D eigenvalue weighted by Crippen LogP contribution is 2.41. The van der Waals surface area contributed by atoms with Gasteiger partial charge in [0.25, 0.3) is 0 Å². The first-order valence-corrected chi connectivity index (χ1v) is 9.97. The van der Waals surface area contributed by atoms with Gasteiger partial charge in [-0.1, -0.05) is 91.0 Å². The normalized spacial score (nSPS) is 11.4. The lowest BCUT2D eigenvalue weighted by Crippen LogP contribution is -1.93. The largest absolute Gasteiger partial charge is 0.309 e. The molecule has 1 nitrogen and oxygen atoms in total. The van der Waals surface area contributed by atoms with Gasteiger partial charge >= 0.3 is 0 Å². The van der Waals surface area contributed by atoms with Crippen molar-refractivity contribution in [2.75, 3.05) is 0 Å². The average Bonchev–Trinajstić information content (AvgIpc) is 3.14. The lowest BCUT2D eigenvalue weighted by molar-refractivity contribution is 1.18. The van der Waals surface area contributed by atoms with E-state index in [-0.39, 0.29) is 0 Å². The Bertz CT molecular complexity index is 1470. The Morgan fingerprint density at radius 2 is 1.03 bits per heavy atom. The van der Waals surface area contributed by atoms with Crippen LogP contribution in [0.2, 0.25) is 0 Å². The first-order valence-electron chi connectivity index (χ1n) is 9.97. The van der Waals surface area contributed by atoms with E-state index >= 15 is 0 Å². The highest BCUT2D eigenvalue weighted by Gasteiger charge is 2.17. The molecule has 5 aromatic carbocycles. The molecule has 0 aliphatic rings. The highest BCUT2D eigenvalue weighted by molar-refractivity contribution is 6.24. The minimum Gasteiger partial charge on any atom is -0.309 e. The topological polar surface area (TPSA) is 4.93 Å². The van der Waals surface area contributed by atoms with Crippen molar-refractivity contribution in [3.63, 3.8) is 0 Å². The Labute approximate surface area is 169 Å². The minimum absolute atomic E-state index is 1.19. The van der Waals surface area contributed by atoms with Gasteiger partial charge in [-0.25, -0.2) is 0 Å². The fourth-order valence-electron chi connectivity index (χ4n) is 4.54. The number of nitrogens with zero attached hydrogens (tertiary/aromatic N) is 1. The van der Waals surface area contributed by atoms with Crippen LogP contribution < -0.4 is 0 Å². The third-order valence-corrected chi connectivity index (χ3v) is 5.78. The van der Waals surface area contributed by atoms with Crippen LogP contribution in [0, 0.1) is 0 Å². The second-order valence-electron chi connectivity index (χ2n) is 7.42. The quantitative estimate of drug-likeness (QED) is 0.296. The average molecular weight is 369 g/mol. The standard InChI is InChI=1S/C28H19N/c1-3-11-20(12-4-1)25-19-27-28(23-16-8-7-15-22(23)25)24-17-9-10-18-26(24)29(27)21-13-5-2-6-14-21/h1-19H. The Balaban J connectivity index is 1.87. The number of hydrogen-bond acceptors (Lipinski definition) is 0. The van der Waals surface area contributed by atoms with Crippen molar-refractivity contribution in [3.8, 4) is 16.8 Å². The summed E-state index contributed by atoms with van der Waals surface area (Å²) in [4.78, 5) is 0. The molecule has 1 heteroatoms. The van der Waals surface area contributed by atoms with Gasteiger partial charge in [-0.15, -0.1) is 0 Å². The first-order chi connectivity index (χ1) is 14.4. The van der Waals surface area contributed by atoms with E-state index in [9.17, 15) is 0 Å². The second kappa shape index (κ2) is 6.35. The molecule has 0 spiro atoms. The maximum Gasteiger partial charge on any atom is 0.0553 e. The molecule has 0 fully saturated rings. The Hall–Kier alpha value is -3.84. The van der Waals surface area contributed by atoms with Gasteiger partial charge < -0.3 is 4.57 Å². The summed E-state index contributed by atoms with van der Waals surface area (Å²) >= 11 is 0. The summed E-state index contributed by atoms with van der Waals surface area (Å²) in [6.07, 6.45) is 0. The maximum atomic E-state index is 2.39. The predicted molar refractivity (Wildman–Crippen MR) is 124 cm³/mol. The fourth-order valence-corrected chi connectivity index (χ4v) is 4.54. The molecule has 29 heavy (non-hydrogen) atoms. The number of hydrogen-bond donors (Lipinski definition) is 0. The van der Waals surface area contributed by atoms with Crippen LogP contribution in [0.5, 0.6) is 0 Å². The van der Waals surface area contributed by atoms with Crippen LogP contribution in [-0.4, -0.2) is 4.57 Å². The van der Waals surface area contributed by atoms with Gasteiger partial charge in [0.05, 0.1) is 11.0 Å². The van der Waals surface area contributed by atoms with Gasteiger partial charge in [-0.3, -0.25) is 0 Å². The molecule has 0 aliphatic heterocycles. The summed E-state index contributed by atoms with van der Waals surface area (Å²) in [5.41, 5.74) is 6.19. The van der Waals surface area contributed by atoms with Crippen LogP contribution >= 0.6 is 0 Å². The fraction of sp³-hybridized carbons (Fsp3) is 0. The van der Waals surface area contributed by atoms with Crippen molar-refractivity contribution < 1.29 is 0 Å². The number of para-hydroxylation sites is 2. The molecule has 0 amide bonds. The summed E-state index contributed by atoms with van der Waals surface area (Å²) in [5.74, 6) is 0. The van der Waals surface area contributed by atoms with Gasteiger partial charge in [-0.05, 0) is 46.2 Å². The molecule has 1 heterocycles. The molecular formula is C28H19N. The first kappa shape index (κ1) is 16.1. The summed E-state index contributed by atoms with van der Waals surface area (Å²) in [6, 6.07) is 41.2. The Kier molecular flexibility index (Phi) is 3.54. The third kappa shape index (κ3) is 2.41. The molecule has 6 aromatic rings. The zero-order chi connectivity index (χ0) is 19.2. The van der Waals surface area contributed by atoms with Crippen molar-refractivity contribution in [1.82, 2.24) is 4.57 Å². The van der Waals surface area contributed by atoms with Gasteiger partial charge in [0.2, 0.25) is 0 Å². The van der Waals surface area contributed by atoms with Crippen molar-refractivity contribution in [2.24, 2.45) is 0 Å². The summed E-state index contributed by atoms with van der Waals surface area (Å²) in [5, 5.41) is 5.21. The van der Waals surface area contributed by atoms with Gasteiger partial charge in [0.15, 0.2) is 0 Å². The molecule has 0 saturated carbocycles. The molecule has 0 unspecified atom stereocenters. The van der Waals surface area contributed by atoms with Crippen LogP contribution in [-0.2, 0) is 0 Å². The van der Waals surface area contributed by atoms with E-state index < -0.39 is 0 Å². The molecule has 0 aliphatic carbocycles. The lowest BCUT2D eigenvalue weighted by Gasteiger charge is -2.12. The van der Waals surface area contributed by atoms with Crippen LogP contribution in [0.1, 0.15) is 0 Å². The van der Waals surface area contributed by atoms with E-state index in [1.807, 2.05) is 0 Å². The number of fused-ring (bicyclic) bond motifs is 5. The molecule has 0 saturated heterocycles. The van der Waals surface area contributed by atoms with Crippen molar-refractivity contribution in [2.45, 2.75) is 0 Å². The predicted octanol–water partition coefficient (Wildman–Crippen LogP) is 7.60. The van der Waals surface area contributed by atoms with E-state index in [1.54, 1.807) is 0 Å². The summed E-state index contributed by atoms with van der Waals surface area (Å²) < 4.78 is 2.39. The summed E-state index contributed by atoms with van der Waals surface area (Å²) in [6.45, 7) is 0. The number of benzene rings is 5. The zero-order valence-corrected chi connectivity index (χ0v) is 15.9. The van der Waals surface area contributed by atoms with Crippen molar-refractivity contribution >= 4 is 32.6 Å². The second-order valence-corrected chi connectivity index (χ2v) is 7.42. The molecule has 0 radical (unpaired) electrons. The van der Waals surface area contributed by atoms with E-state index in [1.165, 1.54) is 49.4 Å². The molecular weight excluding hydrogens is 350 g/mol. The van der Waals surface area contributed by atoms with Crippen molar-refractivity contribution in [1.29, 1.82) is 0 Å². The smallest absolute Gasteiger partial charge is 0.0553 e. The summed E-state index contributed by atoms with van der Waals surface area (Å²) in [7, 11) is 0.